The van der Waals surface area contributed by atoms with Crippen molar-refractivity contribution in [1.82, 2.24) is 10.3 Å². The van der Waals surface area contributed by atoms with Gasteiger partial charge >= 0.3 is 6.18 Å². The summed E-state index contributed by atoms with van der Waals surface area (Å²) in [7, 11) is 0. The van der Waals surface area contributed by atoms with Gasteiger partial charge in [-0.15, -0.1) is 11.3 Å². The third-order valence-electron chi connectivity index (χ3n) is 4.02. The highest BCUT2D eigenvalue weighted by atomic mass is 32.1. The summed E-state index contributed by atoms with van der Waals surface area (Å²) in [4.78, 5) is 17.2. The van der Waals surface area contributed by atoms with E-state index in [1.165, 1.54) is 17.4 Å². The van der Waals surface area contributed by atoms with Crippen LogP contribution in [0.15, 0.2) is 30.5 Å². The van der Waals surface area contributed by atoms with E-state index in [4.69, 9.17) is 4.74 Å². The van der Waals surface area contributed by atoms with Crippen LogP contribution in [0, 0.1) is 0 Å². The van der Waals surface area contributed by atoms with Crippen LogP contribution in [0.4, 0.5) is 18.3 Å². The van der Waals surface area contributed by atoms with E-state index in [2.05, 4.69) is 15.6 Å². The highest BCUT2D eigenvalue weighted by Crippen LogP contribution is 2.30. The number of anilines is 1. The average Bonchev–Trinajstić information content (AvgIpc) is 3.01. The smallest absolute Gasteiger partial charge is 0.375 e. The van der Waals surface area contributed by atoms with E-state index < -0.39 is 17.8 Å². The van der Waals surface area contributed by atoms with E-state index in [0.29, 0.717) is 30.3 Å². The second-order valence-electron chi connectivity index (χ2n) is 6.00. The maximum absolute atomic E-state index is 12.8. The molecule has 0 spiro atoms. The number of carbonyl (C=O) groups is 1. The number of hydrogen-bond acceptors (Lipinski definition) is 5. The number of ether oxygens (including phenoxy) is 1. The van der Waals surface area contributed by atoms with Crippen LogP contribution in [0.5, 0.6) is 0 Å². The quantitative estimate of drug-likeness (QED) is 0.849. The minimum absolute atomic E-state index is 0.239. The van der Waals surface area contributed by atoms with Crippen LogP contribution in [-0.2, 0) is 22.1 Å². The molecule has 5 nitrogen and oxygen atoms in total. The van der Waals surface area contributed by atoms with Gasteiger partial charge in [0.25, 0.3) is 0 Å². The number of thiazole rings is 1. The van der Waals surface area contributed by atoms with Crippen molar-refractivity contribution in [1.29, 1.82) is 0 Å². The van der Waals surface area contributed by atoms with Gasteiger partial charge in [-0.25, -0.2) is 4.98 Å². The Hall–Kier alpha value is -1.97. The molecule has 1 saturated heterocycles. The highest BCUT2D eigenvalue weighted by molar-refractivity contribution is 7.15. The first kappa shape index (κ1) is 18.8. The van der Waals surface area contributed by atoms with Gasteiger partial charge in [0.05, 0.1) is 18.3 Å². The number of hydrogen-bond donors (Lipinski definition) is 2. The molecule has 26 heavy (non-hydrogen) atoms. The zero-order valence-corrected chi connectivity index (χ0v) is 14.8. The summed E-state index contributed by atoms with van der Waals surface area (Å²) < 4.78 is 43.8. The molecule has 140 valence electrons. The maximum atomic E-state index is 12.8. The molecule has 1 aliphatic heterocycles. The number of aromatic nitrogens is 1. The lowest BCUT2D eigenvalue weighted by Crippen LogP contribution is -2.53. The second kappa shape index (κ2) is 7.73. The summed E-state index contributed by atoms with van der Waals surface area (Å²) in [5.41, 5.74) is -0.136. The first-order valence-electron chi connectivity index (χ1n) is 8.09. The summed E-state index contributed by atoms with van der Waals surface area (Å²) in [6.45, 7) is 2.97. The fourth-order valence-corrected chi connectivity index (χ4v) is 3.57. The predicted octanol–water partition coefficient (Wildman–Crippen LogP) is 3.07. The number of benzene rings is 1. The van der Waals surface area contributed by atoms with E-state index in [0.717, 1.165) is 17.0 Å². The summed E-state index contributed by atoms with van der Waals surface area (Å²) in [5.74, 6) is -0.239. The molecule has 1 aromatic carbocycles. The standard InChI is InChI=1S/C17H18F3N3O2S/c1-10-14(21-5-6-25-10)15(24)23-16-22-9-13(26-16)8-11-3-2-4-12(7-11)17(18,19)20/h2-4,7,9-10,14,21H,5-6,8H2,1H3,(H,22,23,24)/t10-,14+/m1/s1. The Labute approximate surface area is 152 Å². The Morgan fingerprint density at radius 2 is 2.27 bits per heavy atom. The van der Waals surface area contributed by atoms with Gasteiger partial charge in [-0.1, -0.05) is 18.2 Å². The number of nitrogens with one attached hydrogen (secondary N) is 2. The topological polar surface area (TPSA) is 63.2 Å². The van der Waals surface area contributed by atoms with Gasteiger partial charge in [-0.05, 0) is 18.6 Å². The Morgan fingerprint density at radius 1 is 1.46 bits per heavy atom. The summed E-state index contributed by atoms with van der Waals surface area (Å²) in [6.07, 6.45) is -2.73. The Bertz CT molecular complexity index is 779. The van der Waals surface area contributed by atoms with Crippen molar-refractivity contribution in [3.63, 3.8) is 0 Å². The lowest BCUT2D eigenvalue weighted by molar-refractivity contribution is -0.137. The SMILES string of the molecule is C[C@H]1OCCN[C@@H]1C(=O)Nc1ncc(Cc2cccc(C(F)(F)F)c2)s1. The second-order valence-corrected chi connectivity index (χ2v) is 7.12. The van der Waals surface area contributed by atoms with Gasteiger partial charge in [0.2, 0.25) is 5.91 Å². The largest absolute Gasteiger partial charge is 0.416 e. The first-order chi connectivity index (χ1) is 12.3. The van der Waals surface area contributed by atoms with Gasteiger partial charge in [0.1, 0.15) is 6.04 Å². The van der Waals surface area contributed by atoms with Crippen LogP contribution in [0.25, 0.3) is 0 Å². The van der Waals surface area contributed by atoms with E-state index in [-0.39, 0.29) is 12.0 Å². The molecule has 1 aliphatic rings. The number of carbonyl (C=O) groups excluding carboxylic acids is 1. The predicted molar refractivity (Wildman–Crippen MR) is 92.2 cm³/mol. The molecule has 2 atom stereocenters. The van der Waals surface area contributed by atoms with Crippen LogP contribution in [-0.4, -0.2) is 36.2 Å². The Kier molecular flexibility index (Phi) is 5.59. The van der Waals surface area contributed by atoms with Crippen LogP contribution in [0.2, 0.25) is 0 Å². The van der Waals surface area contributed by atoms with Gasteiger partial charge in [0.15, 0.2) is 5.13 Å². The maximum Gasteiger partial charge on any atom is 0.416 e. The van der Waals surface area contributed by atoms with Crippen LogP contribution >= 0.6 is 11.3 Å². The Balaban J connectivity index is 1.64. The normalized spacial score (nSPS) is 20.8. The van der Waals surface area contributed by atoms with Crippen molar-refractivity contribution in [2.45, 2.75) is 31.7 Å². The lowest BCUT2D eigenvalue weighted by Gasteiger charge is -2.28. The fourth-order valence-electron chi connectivity index (χ4n) is 2.72. The number of alkyl halides is 3. The van der Waals surface area contributed by atoms with Crippen LogP contribution in [0.3, 0.4) is 0 Å². The van der Waals surface area contributed by atoms with Gasteiger partial charge in [-0.3, -0.25) is 4.79 Å². The lowest BCUT2D eigenvalue weighted by atomic mass is 10.1. The minimum atomic E-state index is -4.37. The third kappa shape index (κ3) is 4.60. The number of halogens is 3. The first-order valence-corrected chi connectivity index (χ1v) is 8.91. The number of rotatable bonds is 4. The fraction of sp³-hybridized carbons (Fsp3) is 0.412. The zero-order chi connectivity index (χ0) is 18.7. The molecule has 0 radical (unpaired) electrons. The van der Waals surface area contributed by atoms with Gasteiger partial charge in [0, 0.05) is 24.0 Å². The molecule has 9 heteroatoms. The van der Waals surface area contributed by atoms with E-state index in [1.807, 2.05) is 6.92 Å². The molecule has 3 rings (SSSR count). The molecule has 2 aromatic rings. The van der Waals surface area contributed by atoms with Crippen molar-refractivity contribution >= 4 is 22.4 Å². The third-order valence-corrected chi connectivity index (χ3v) is 4.93. The van der Waals surface area contributed by atoms with E-state index in [9.17, 15) is 18.0 Å². The summed E-state index contributed by atoms with van der Waals surface area (Å²) in [5, 5.41) is 6.23. The van der Waals surface area contributed by atoms with Crippen LogP contribution < -0.4 is 10.6 Å². The molecular weight excluding hydrogens is 367 g/mol. The van der Waals surface area contributed by atoms with Crippen molar-refractivity contribution in [3.8, 4) is 0 Å². The number of amides is 1. The average molecular weight is 385 g/mol. The molecule has 0 saturated carbocycles. The van der Waals surface area contributed by atoms with Gasteiger partial charge in [-0.2, -0.15) is 13.2 Å². The van der Waals surface area contributed by atoms with Gasteiger partial charge < -0.3 is 15.4 Å². The minimum Gasteiger partial charge on any atom is -0.375 e. The summed E-state index contributed by atoms with van der Waals surface area (Å²) >= 11 is 1.24. The highest BCUT2D eigenvalue weighted by Gasteiger charge is 2.30. The molecule has 2 N–H and O–H groups in total. The molecular formula is C17H18F3N3O2S. The zero-order valence-electron chi connectivity index (χ0n) is 14.0. The van der Waals surface area contributed by atoms with Crippen LogP contribution in [0.1, 0.15) is 22.9 Å². The molecule has 2 heterocycles. The monoisotopic (exact) mass is 385 g/mol. The van der Waals surface area contributed by atoms with Crippen molar-refractivity contribution in [2.24, 2.45) is 0 Å². The molecule has 0 bridgehead atoms. The van der Waals surface area contributed by atoms with Crippen molar-refractivity contribution < 1.29 is 22.7 Å². The Morgan fingerprint density at radius 3 is 3.00 bits per heavy atom. The number of morpholine rings is 1. The number of nitrogens with zero attached hydrogens (tertiary/aromatic N) is 1. The molecule has 1 aromatic heterocycles. The van der Waals surface area contributed by atoms with E-state index >= 15 is 0 Å². The molecule has 1 amide bonds. The molecule has 1 fully saturated rings. The molecule has 0 unspecified atom stereocenters. The van der Waals surface area contributed by atoms with Crippen molar-refractivity contribution in [2.75, 3.05) is 18.5 Å². The van der Waals surface area contributed by atoms with E-state index in [1.54, 1.807) is 12.3 Å². The molecule has 0 aliphatic carbocycles. The van der Waals surface area contributed by atoms with Crippen molar-refractivity contribution in [3.05, 3.63) is 46.5 Å². The summed E-state index contributed by atoms with van der Waals surface area (Å²) in [6, 6.07) is 4.74.